The third-order valence-corrected chi connectivity index (χ3v) is 3.91. The summed E-state index contributed by atoms with van der Waals surface area (Å²) in [6.07, 6.45) is 1.57. The van der Waals surface area contributed by atoms with Gasteiger partial charge in [0.05, 0.1) is 18.2 Å². The topological polar surface area (TPSA) is 107 Å². The average Bonchev–Trinajstić information content (AvgIpc) is 2.95. The highest BCUT2D eigenvalue weighted by Crippen LogP contribution is 2.27. The van der Waals surface area contributed by atoms with Gasteiger partial charge in [-0.05, 0) is 12.1 Å². The van der Waals surface area contributed by atoms with Gasteiger partial charge < -0.3 is 4.74 Å². The molecule has 0 aliphatic rings. The number of nitrogens with one attached hydrogen (secondary N) is 1. The first kappa shape index (κ1) is 14.9. The summed E-state index contributed by atoms with van der Waals surface area (Å²) in [4.78, 5) is 31.3. The van der Waals surface area contributed by atoms with E-state index >= 15 is 0 Å². The molecule has 0 saturated carbocycles. The third kappa shape index (κ3) is 3.09. The van der Waals surface area contributed by atoms with Gasteiger partial charge in [-0.15, -0.1) is 0 Å². The van der Waals surface area contributed by atoms with Crippen molar-refractivity contribution < 1.29 is 14.5 Å². The zero-order chi connectivity index (χ0) is 16.4. The predicted octanol–water partition coefficient (Wildman–Crippen LogP) is 2.86. The number of nitro groups is 1. The number of carbonyl (C=O) groups excluding carboxylic acids is 1. The number of hydrogen-bond acceptors (Lipinski definition) is 7. The van der Waals surface area contributed by atoms with Gasteiger partial charge in [-0.25, -0.2) is 9.97 Å². The Morgan fingerprint density at radius 1 is 1.35 bits per heavy atom. The van der Waals surface area contributed by atoms with Crippen LogP contribution in [-0.2, 0) is 0 Å². The van der Waals surface area contributed by atoms with Crippen LogP contribution in [0.15, 0.2) is 36.5 Å². The van der Waals surface area contributed by atoms with Crippen LogP contribution < -0.4 is 10.1 Å². The van der Waals surface area contributed by atoms with Crippen molar-refractivity contribution >= 4 is 38.4 Å². The lowest BCUT2D eigenvalue weighted by Gasteiger charge is -2.00. The summed E-state index contributed by atoms with van der Waals surface area (Å²) in [5.74, 6) is 0.182. The van der Waals surface area contributed by atoms with Crippen LogP contribution in [0.25, 0.3) is 10.3 Å². The number of carbonyl (C=O) groups is 1. The minimum Gasteiger partial charge on any atom is -0.495 e. The number of aromatic nitrogens is 2. The predicted molar refractivity (Wildman–Crippen MR) is 85.0 cm³/mol. The first-order valence-corrected chi connectivity index (χ1v) is 7.25. The maximum atomic E-state index is 12.1. The molecule has 1 amide bonds. The number of anilines is 1. The van der Waals surface area contributed by atoms with E-state index in [-0.39, 0.29) is 5.69 Å². The van der Waals surface area contributed by atoms with Gasteiger partial charge >= 0.3 is 0 Å². The molecule has 0 fully saturated rings. The fraction of sp³-hybridized carbons (Fsp3) is 0.0714. The molecular formula is C14H10N4O4S. The molecule has 0 radical (unpaired) electrons. The van der Waals surface area contributed by atoms with E-state index in [4.69, 9.17) is 4.74 Å². The lowest BCUT2D eigenvalue weighted by atomic mass is 10.2. The molecule has 0 bridgehead atoms. The molecule has 23 heavy (non-hydrogen) atoms. The van der Waals surface area contributed by atoms with Crippen molar-refractivity contribution in [3.05, 3.63) is 52.2 Å². The fourth-order valence-corrected chi connectivity index (χ4v) is 2.66. The van der Waals surface area contributed by atoms with Crippen LogP contribution in [0.3, 0.4) is 0 Å². The van der Waals surface area contributed by atoms with Crippen LogP contribution in [0, 0.1) is 10.1 Å². The van der Waals surface area contributed by atoms with Crippen LogP contribution in [0.5, 0.6) is 5.75 Å². The van der Waals surface area contributed by atoms with Crippen molar-refractivity contribution in [3.63, 3.8) is 0 Å². The highest BCUT2D eigenvalue weighted by molar-refractivity contribution is 7.21. The summed E-state index contributed by atoms with van der Waals surface area (Å²) < 4.78 is 5.07. The Morgan fingerprint density at radius 3 is 2.74 bits per heavy atom. The van der Waals surface area contributed by atoms with Crippen molar-refractivity contribution in [1.29, 1.82) is 0 Å². The molecule has 0 saturated heterocycles. The van der Waals surface area contributed by atoms with Crippen molar-refractivity contribution in [2.75, 3.05) is 12.4 Å². The number of ether oxygens (including phenoxy) is 1. The van der Waals surface area contributed by atoms with Gasteiger partial charge in [-0.2, -0.15) is 0 Å². The Labute approximate surface area is 133 Å². The molecule has 0 atom stereocenters. The smallest absolute Gasteiger partial charge is 0.269 e. The molecule has 2 heterocycles. The highest BCUT2D eigenvalue weighted by Gasteiger charge is 2.13. The van der Waals surface area contributed by atoms with Gasteiger partial charge in [-0.1, -0.05) is 11.3 Å². The highest BCUT2D eigenvalue weighted by atomic mass is 32.1. The molecular weight excluding hydrogens is 320 g/mol. The molecule has 1 aromatic carbocycles. The van der Waals surface area contributed by atoms with Crippen LogP contribution >= 0.6 is 11.3 Å². The quantitative estimate of drug-likeness (QED) is 0.582. The number of amides is 1. The molecule has 3 aromatic rings. The van der Waals surface area contributed by atoms with E-state index in [1.807, 2.05) is 0 Å². The number of nitro benzene ring substituents is 1. The lowest BCUT2D eigenvalue weighted by Crippen LogP contribution is -2.11. The number of thiazole rings is 1. The number of benzene rings is 1. The number of pyridine rings is 1. The first-order valence-electron chi connectivity index (χ1n) is 6.43. The number of methoxy groups -OCH3 is 1. The Morgan fingerprint density at radius 2 is 2.09 bits per heavy atom. The van der Waals surface area contributed by atoms with E-state index in [9.17, 15) is 14.9 Å². The number of rotatable bonds is 4. The Kier molecular flexibility index (Phi) is 3.85. The van der Waals surface area contributed by atoms with Gasteiger partial charge in [0.2, 0.25) is 0 Å². The van der Waals surface area contributed by atoms with E-state index in [1.54, 1.807) is 12.3 Å². The van der Waals surface area contributed by atoms with Gasteiger partial charge in [-0.3, -0.25) is 20.2 Å². The second kappa shape index (κ2) is 5.97. The normalized spacial score (nSPS) is 10.5. The average molecular weight is 330 g/mol. The molecule has 0 aliphatic heterocycles. The summed E-state index contributed by atoms with van der Waals surface area (Å²) >= 11 is 1.23. The van der Waals surface area contributed by atoms with Crippen molar-refractivity contribution in [3.8, 4) is 5.75 Å². The van der Waals surface area contributed by atoms with E-state index in [0.717, 1.165) is 0 Å². The lowest BCUT2D eigenvalue weighted by molar-refractivity contribution is -0.384. The molecule has 0 unspecified atom stereocenters. The molecule has 8 nitrogen and oxygen atoms in total. The fourth-order valence-electron chi connectivity index (χ4n) is 1.87. The molecule has 1 N–H and O–H groups in total. The second-order valence-corrected chi connectivity index (χ2v) is 5.45. The maximum Gasteiger partial charge on any atom is 0.269 e. The van der Waals surface area contributed by atoms with E-state index in [1.165, 1.54) is 42.7 Å². The molecule has 116 valence electrons. The van der Waals surface area contributed by atoms with Crippen LogP contribution in [0.2, 0.25) is 0 Å². The summed E-state index contributed by atoms with van der Waals surface area (Å²) in [5, 5.41) is 13.6. The number of hydrogen-bond donors (Lipinski definition) is 1. The molecule has 3 rings (SSSR count). The molecule has 0 aliphatic carbocycles. The van der Waals surface area contributed by atoms with E-state index in [0.29, 0.717) is 26.8 Å². The van der Waals surface area contributed by atoms with Crippen molar-refractivity contribution in [2.45, 2.75) is 0 Å². The summed E-state index contributed by atoms with van der Waals surface area (Å²) in [6.45, 7) is 0. The SMILES string of the molecule is COc1cnc2sc(NC(=O)c3ccc([N+](=O)[O-])cc3)nc2c1. The molecule has 2 aromatic heterocycles. The van der Waals surface area contributed by atoms with Gasteiger partial charge in [0.15, 0.2) is 5.13 Å². The Hall–Kier alpha value is -3.07. The largest absolute Gasteiger partial charge is 0.495 e. The van der Waals surface area contributed by atoms with Crippen LogP contribution in [0.1, 0.15) is 10.4 Å². The minimum atomic E-state index is -0.520. The summed E-state index contributed by atoms with van der Waals surface area (Å²) in [7, 11) is 1.53. The molecule has 0 spiro atoms. The van der Waals surface area contributed by atoms with Gasteiger partial charge in [0.1, 0.15) is 16.1 Å². The summed E-state index contributed by atoms with van der Waals surface area (Å²) in [6, 6.07) is 7.06. The zero-order valence-corrected chi connectivity index (χ0v) is 12.7. The van der Waals surface area contributed by atoms with Crippen molar-refractivity contribution in [2.24, 2.45) is 0 Å². The van der Waals surface area contributed by atoms with E-state index < -0.39 is 10.8 Å². The molecule has 9 heteroatoms. The summed E-state index contributed by atoms with van der Waals surface area (Å²) in [5.41, 5.74) is 0.853. The third-order valence-electron chi connectivity index (χ3n) is 3.02. The second-order valence-electron chi connectivity index (χ2n) is 4.48. The number of nitrogens with zero attached hydrogens (tertiary/aromatic N) is 3. The zero-order valence-electron chi connectivity index (χ0n) is 11.8. The Balaban J connectivity index is 1.80. The van der Waals surface area contributed by atoms with E-state index in [2.05, 4.69) is 15.3 Å². The van der Waals surface area contributed by atoms with Gasteiger partial charge in [0.25, 0.3) is 11.6 Å². The maximum absolute atomic E-state index is 12.1. The van der Waals surface area contributed by atoms with Gasteiger partial charge in [0, 0.05) is 23.8 Å². The number of non-ortho nitro benzene ring substituents is 1. The standard InChI is InChI=1S/C14H10N4O4S/c1-22-10-6-11-13(15-7-10)23-14(16-11)17-12(19)8-2-4-9(5-3-8)18(20)21/h2-7H,1H3,(H,16,17,19). The van der Waals surface area contributed by atoms with Crippen LogP contribution in [0.4, 0.5) is 10.8 Å². The number of fused-ring (bicyclic) bond motifs is 1. The minimum absolute atomic E-state index is 0.0715. The first-order chi connectivity index (χ1) is 11.1. The monoisotopic (exact) mass is 330 g/mol. The van der Waals surface area contributed by atoms with Crippen molar-refractivity contribution in [1.82, 2.24) is 9.97 Å². The van der Waals surface area contributed by atoms with Crippen LogP contribution in [-0.4, -0.2) is 27.9 Å². The Bertz CT molecular complexity index is 891.